The van der Waals surface area contributed by atoms with Crippen LogP contribution in [0, 0.1) is 0 Å². The summed E-state index contributed by atoms with van der Waals surface area (Å²) in [5.74, 6) is -8.84. The topological polar surface area (TPSA) is 196 Å². The number of rotatable bonds is 10. The summed E-state index contributed by atoms with van der Waals surface area (Å²) in [6.07, 6.45) is -6.98. The van der Waals surface area contributed by atoms with Crippen LogP contribution in [0.25, 0.3) is 0 Å². The van der Waals surface area contributed by atoms with E-state index in [1.54, 1.807) is 0 Å². The van der Waals surface area contributed by atoms with Gasteiger partial charge >= 0.3 is 41.6 Å². The fourth-order valence-corrected chi connectivity index (χ4v) is 3.74. The van der Waals surface area contributed by atoms with E-state index in [1.165, 1.54) is 0 Å². The Morgan fingerprint density at radius 3 is 1.89 bits per heavy atom. The summed E-state index contributed by atoms with van der Waals surface area (Å²) in [5.41, 5.74) is 0. The van der Waals surface area contributed by atoms with E-state index < -0.39 is 91.0 Å². The molecule has 1 aliphatic heterocycles. The van der Waals surface area contributed by atoms with Crippen molar-refractivity contribution < 1.29 is 66.7 Å². The number of carbonyl (C=O) groups is 7. The van der Waals surface area contributed by atoms with Crippen LogP contribution < -0.4 is 5.32 Å². The highest BCUT2D eigenvalue weighted by molar-refractivity contribution is 5.82. The minimum atomic E-state index is -2.54. The average molecular weight is 533 g/mol. The maximum Gasteiger partial charge on any atom is 0.379 e. The van der Waals surface area contributed by atoms with Gasteiger partial charge in [0, 0.05) is 41.5 Å². The molecule has 1 N–H and O–H groups in total. The Bertz CT molecular complexity index is 917. The first-order valence-electron chi connectivity index (χ1n) is 11.0. The molecule has 1 rings (SSSR count). The highest BCUT2D eigenvalue weighted by Crippen LogP contribution is 2.37. The molecule has 1 heterocycles. The van der Waals surface area contributed by atoms with Gasteiger partial charge in [-0.25, -0.2) is 4.79 Å². The molecule has 0 saturated carbocycles. The van der Waals surface area contributed by atoms with Gasteiger partial charge in [0.1, 0.15) is 18.8 Å². The molecular formula is C22H31NO14. The van der Waals surface area contributed by atoms with Crippen molar-refractivity contribution in [2.24, 2.45) is 0 Å². The molecule has 1 fully saturated rings. The average Bonchev–Trinajstić information content (AvgIpc) is 2.74. The summed E-state index contributed by atoms with van der Waals surface area (Å²) < 4.78 is 36.6. The lowest BCUT2D eigenvalue weighted by Crippen LogP contribution is -2.69. The first-order valence-corrected chi connectivity index (χ1v) is 11.0. The monoisotopic (exact) mass is 533 g/mol. The number of hydrogen-bond acceptors (Lipinski definition) is 14. The van der Waals surface area contributed by atoms with Crippen molar-refractivity contribution in [3.05, 3.63) is 0 Å². The minimum Gasteiger partial charge on any atom is -0.464 e. The van der Waals surface area contributed by atoms with Crippen LogP contribution in [0.1, 0.15) is 48.0 Å². The maximum atomic E-state index is 12.8. The van der Waals surface area contributed by atoms with Crippen LogP contribution in [-0.2, 0) is 66.7 Å². The van der Waals surface area contributed by atoms with Gasteiger partial charge in [0.2, 0.25) is 5.91 Å². The van der Waals surface area contributed by atoms with Crippen LogP contribution in [0.5, 0.6) is 0 Å². The summed E-state index contributed by atoms with van der Waals surface area (Å²) in [5, 5.41) is 2.49. The Labute approximate surface area is 212 Å². The zero-order chi connectivity index (χ0) is 28.5. The third kappa shape index (κ3) is 9.33. The fourth-order valence-electron chi connectivity index (χ4n) is 3.74. The SMILES string of the molecule is COC(=O)[C@]1(OC(C)=O)C[C@H](OC(C)=O)[C@H](NC(C)=O)[C@@H]([C@H](OC(C)=O)[C@@H](COC(C)=O)OC(C)=O)O1. The zero-order valence-corrected chi connectivity index (χ0v) is 21.5. The maximum absolute atomic E-state index is 12.8. The lowest BCUT2D eigenvalue weighted by molar-refractivity contribution is -0.304. The highest BCUT2D eigenvalue weighted by atomic mass is 16.8. The molecule has 0 aliphatic carbocycles. The number of hydrogen-bond donors (Lipinski definition) is 1. The van der Waals surface area contributed by atoms with Crippen molar-refractivity contribution in [2.45, 2.75) is 84.2 Å². The molecule has 0 unspecified atom stereocenters. The molecule has 1 amide bonds. The van der Waals surface area contributed by atoms with Gasteiger partial charge in [-0.3, -0.25) is 28.8 Å². The first kappa shape index (κ1) is 31.3. The quantitative estimate of drug-likeness (QED) is 0.267. The van der Waals surface area contributed by atoms with Gasteiger partial charge < -0.3 is 38.5 Å². The van der Waals surface area contributed by atoms with E-state index in [0.29, 0.717) is 0 Å². The third-order valence-electron chi connectivity index (χ3n) is 4.80. The lowest BCUT2D eigenvalue weighted by Gasteiger charge is -2.48. The largest absolute Gasteiger partial charge is 0.464 e. The number of methoxy groups -OCH3 is 1. The van der Waals surface area contributed by atoms with Crippen molar-refractivity contribution in [1.82, 2.24) is 5.32 Å². The van der Waals surface area contributed by atoms with E-state index in [0.717, 1.165) is 48.7 Å². The van der Waals surface area contributed by atoms with Crippen LogP contribution in [0.3, 0.4) is 0 Å². The molecule has 15 heteroatoms. The van der Waals surface area contributed by atoms with Gasteiger partial charge in [0.25, 0.3) is 0 Å². The summed E-state index contributed by atoms with van der Waals surface area (Å²) in [4.78, 5) is 84.1. The molecule has 6 atom stereocenters. The molecule has 0 radical (unpaired) electrons. The highest BCUT2D eigenvalue weighted by Gasteiger charge is 2.60. The van der Waals surface area contributed by atoms with Gasteiger partial charge in [-0.1, -0.05) is 0 Å². The smallest absolute Gasteiger partial charge is 0.379 e. The van der Waals surface area contributed by atoms with Gasteiger partial charge in [-0.2, -0.15) is 0 Å². The summed E-state index contributed by atoms with van der Waals surface area (Å²) in [6.45, 7) is 5.60. The summed E-state index contributed by atoms with van der Waals surface area (Å²) in [6, 6.07) is -1.35. The van der Waals surface area contributed by atoms with Gasteiger partial charge in [-0.05, 0) is 0 Å². The summed E-state index contributed by atoms with van der Waals surface area (Å²) >= 11 is 0. The second-order valence-electron chi connectivity index (χ2n) is 8.02. The molecule has 15 nitrogen and oxygen atoms in total. The van der Waals surface area contributed by atoms with Crippen LogP contribution in [0.2, 0.25) is 0 Å². The number of amides is 1. The molecule has 1 aliphatic rings. The number of esters is 6. The van der Waals surface area contributed by atoms with E-state index >= 15 is 0 Å². The van der Waals surface area contributed by atoms with Gasteiger partial charge in [-0.15, -0.1) is 0 Å². The second kappa shape index (κ2) is 13.5. The Morgan fingerprint density at radius 2 is 1.46 bits per heavy atom. The zero-order valence-electron chi connectivity index (χ0n) is 21.5. The van der Waals surface area contributed by atoms with Crippen LogP contribution in [-0.4, -0.2) is 91.7 Å². The molecule has 208 valence electrons. The van der Waals surface area contributed by atoms with E-state index in [4.69, 9.17) is 33.2 Å². The van der Waals surface area contributed by atoms with Crippen LogP contribution in [0.4, 0.5) is 0 Å². The predicted molar refractivity (Wildman–Crippen MR) is 117 cm³/mol. The summed E-state index contributed by atoms with van der Waals surface area (Å²) in [7, 11) is 0.971. The lowest BCUT2D eigenvalue weighted by atomic mass is 9.88. The van der Waals surface area contributed by atoms with E-state index in [-0.39, 0.29) is 0 Å². The molecule has 0 aromatic rings. The standard InChI is InChI=1S/C22H31NO14/c1-10(24)23-18-16(33-12(3)26)8-22(21(30)31-7,36-15(6)29)37-20(18)19(35-14(5)28)17(34-13(4)27)9-32-11(2)25/h16-20H,8-9H2,1-7H3,(H,23,24)/t16-,17+,18-,19+,20-,22-/m0/s1. The molecule has 0 bridgehead atoms. The Morgan fingerprint density at radius 1 is 0.865 bits per heavy atom. The molecular weight excluding hydrogens is 502 g/mol. The van der Waals surface area contributed by atoms with Crippen LogP contribution >= 0.6 is 0 Å². The van der Waals surface area contributed by atoms with Crippen molar-refractivity contribution in [2.75, 3.05) is 13.7 Å². The minimum absolute atomic E-state index is 0.630. The normalized spacial score (nSPS) is 24.4. The van der Waals surface area contributed by atoms with Crippen molar-refractivity contribution in [3.8, 4) is 0 Å². The van der Waals surface area contributed by atoms with E-state index in [1.807, 2.05) is 0 Å². The van der Waals surface area contributed by atoms with Crippen molar-refractivity contribution in [1.29, 1.82) is 0 Å². The number of nitrogens with one attached hydrogen (secondary N) is 1. The fraction of sp³-hybridized carbons (Fsp3) is 0.682. The Kier molecular flexibility index (Phi) is 11.4. The van der Waals surface area contributed by atoms with E-state index in [2.05, 4.69) is 5.32 Å². The van der Waals surface area contributed by atoms with Gasteiger partial charge in [0.15, 0.2) is 12.2 Å². The van der Waals surface area contributed by atoms with Crippen LogP contribution in [0.15, 0.2) is 0 Å². The van der Waals surface area contributed by atoms with E-state index in [9.17, 15) is 33.6 Å². The molecule has 1 saturated heterocycles. The Balaban J connectivity index is 3.83. The predicted octanol–water partition coefficient (Wildman–Crippen LogP) is -0.929. The molecule has 0 aromatic carbocycles. The van der Waals surface area contributed by atoms with Crippen molar-refractivity contribution >= 4 is 41.7 Å². The molecule has 37 heavy (non-hydrogen) atoms. The first-order chi connectivity index (χ1) is 17.1. The second-order valence-corrected chi connectivity index (χ2v) is 8.02. The third-order valence-corrected chi connectivity index (χ3v) is 4.80. The molecule has 0 spiro atoms. The van der Waals surface area contributed by atoms with Crippen molar-refractivity contribution in [3.63, 3.8) is 0 Å². The van der Waals surface area contributed by atoms with Gasteiger partial charge in [0.05, 0.1) is 19.6 Å². The molecule has 0 aromatic heterocycles. The number of ether oxygens (including phenoxy) is 7. The Hall–Kier alpha value is -3.75. The number of carbonyl (C=O) groups excluding carboxylic acids is 7.